The van der Waals surface area contributed by atoms with Crippen molar-refractivity contribution in [3.05, 3.63) is 54.1 Å². The summed E-state index contributed by atoms with van der Waals surface area (Å²) in [7, 11) is -4.67. The molecular weight excluding hydrogens is 496 g/mol. The molecule has 0 unspecified atom stereocenters. The van der Waals surface area contributed by atoms with Crippen LogP contribution >= 0.6 is 0 Å². The minimum Gasteiger partial charge on any atom is -0.294 e. The molecule has 0 bridgehead atoms. The van der Waals surface area contributed by atoms with E-state index in [9.17, 15) is 4.79 Å². The van der Waals surface area contributed by atoms with Gasteiger partial charge in [-0.25, -0.2) is 0 Å². The summed E-state index contributed by atoms with van der Waals surface area (Å²) in [6.07, 6.45) is 7.01. The Bertz CT molecular complexity index is 1340. The van der Waals surface area contributed by atoms with Crippen LogP contribution < -0.4 is 0 Å². The first kappa shape index (κ1) is 26.6. The molecule has 1 aliphatic carbocycles. The van der Waals surface area contributed by atoms with Crippen molar-refractivity contribution in [3.63, 3.8) is 0 Å². The third kappa shape index (κ3) is 6.45. The molecule has 1 aromatic heterocycles. The highest BCUT2D eigenvalue weighted by Crippen LogP contribution is 2.40. The number of hydrogen-bond donors (Lipinski definition) is 3. The van der Waals surface area contributed by atoms with Crippen molar-refractivity contribution in [2.24, 2.45) is 4.99 Å². The first-order valence-electron chi connectivity index (χ1n) is 12.2. The van der Waals surface area contributed by atoms with Crippen LogP contribution in [-0.4, -0.2) is 60.3 Å². The Morgan fingerprint density at radius 2 is 1.68 bits per heavy atom. The highest BCUT2D eigenvalue weighted by Gasteiger charge is 2.49. The van der Waals surface area contributed by atoms with Gasteiger partial charge >= 0.3 is 10.4 Å². The zero-order valence-corrected chi connectivity index (χ0v) is 21.4. The molecule has 196 valence electrons. The van der Waals surface area contributed by atoms with Crippen LogP contribution in [-0.2, 0) is 21.7 Å². The van der Waals surface area contributed by atoms with Crippen molar-refractivity contribution < 1.29 is 22.3 Å². The molecule has 2 heterocycles. The van der Waals surface area contributed by atoms with Crippen LogP contribution in [0.3, 0.4) is 0 Å². The average molecular weight is 527 g/mol. The lowest BCUT2D eigenvalue weighted by atomic mass is 9.97. The summed E-state index contributed by atoms with van der Waals surface area (Å²) in [4.78, 5) is 20.3. The molecule has 0 atom stereocenters. The SMILES string of the molecule is CCCCC1=NC2(CCCC2)C(=O)N1Cc1ccc(-c2ccccc2-c2nn[nH]n2)cc1.O=S(=O)(O)O. The molecule has 1 spiro atoms. The fraction of sp³-hybridized carbons (Fsp3) is 0.400. The molecule has 3 N–H and O–H groups in total. The lowest BCUT2D eigenvalue weighted by molar-refractivity contribution is -0.131. The maximum absolute atomic E-state index is 13.4. The molecule has 5 rings (SSSR count). The largest absolute Gasteiger partial charge is 0.394 e. The van der Waals surface area contributed by atoms with E-state index in [4.69, 9.17) is 22.5 Å². The quantitative estimate of drug-likeness (QED) is 0.387. The number of aliphatic imine (C=N–C) groups is 1. The number of unbranched alkanes of at least 4 members (excludes halogenated alkanes) is 1. The fourth-order valence-corrected chi connectivity index (χ4v) is 4.88. The van der Waals surface area contributed by atoms with Crippen LogP contribution in [0.15, 0.2) is 53.5 Å². The molecule has 2 aromatic carbocycles. The highest BCUT2D eigenvalue weighted by molar-refractivity contribution is 7.79. The number of amides is 1. The van der Waals surface area contributed by atoms with E-state index in [2.05, 4.69) is 57.9 Å². The van der Waals surface area contributed by atoms with Crippen molar-refractivity contribution in [1.29, 1.82) is 0 Å². The second-order valence-electron chi connectivity index (χ2n) is 9.19. The van der Waals surface area contributed by atoms with Crippen molar-refractivity contribution in [1.82, 2.24) is 25.5 Å². The normalized spacial score (nSPS) is 16.6. The number of carbonyl (C=O) groups excluding carboxylic acids is 1. The zero-order chi connectivity index (χ0) is 26.5. The van der Waals surface area contributed by atoms with Crippen molar-refractivity contribution in [3.8, 4) is 22.5 Å². The summed E-state index contributed by atoms with van der Waals surface area (Å²) in [5.74, 6) is 1.75. The van der Waals surface area contributed by atoms with Gasteiger partial charge in [0.2, 0.25) is 5.82 Å². The fourth-order valence-electron chi connectivity index (χ4n) is 4.88. The van der Waals surface area contributed by atoms with E-state index < -0.39 is 15.9 Å². The van der Waals surface area contributed by atoms with E-state index in [0.717, 1.165) is 73.0 Å². The van der Waals surface area contributed by atoms with E-state index in [1.165, 1.54) is 0 Å². The van der Waals surface area contributed by atoms with Gasteiger partial charge in [-0.15, -0.1) is 10.2 Å². The van der Waals surface area contributed by atoms with Gasteiger partial charge in [-0.1, -0.05) is 74.7 Å². The second kappa shape index (κ2) is 11.3. The Hall–Kier alpha value is -3.48. The first-order valence-corrected chi connectivity index (χ1v) is 13.6. The molecule has 0 saturated heterocycles. The lowest BCUT2D eigenvalue weighted by Crippen LogP contribution is -2.40. The van der Waals surface area contributed by atoms with Crippen LogP contribution in [0.5, 0.6) is 0 Å². The summed E-state index contributed by atoms with van der Waals surface area (Å²) < 4.78 is 31.6. The summed E-state index contributed by atoms with van der Waals surface area (Å²) in [5, 5.41) is 14.5. The second-order valence-corrected chi connectivity index (χ2v) is 10.1. The maximum atomic E-state index is 13.4. The maximum Gasteiger partial charge on any atom is 0.394 e. The summed E-state index contributed by atoms with van der Waals surface area (Å²) in [5.41, 5.74) is 3.69. The topological polar surface area (TPSA) is 162 Å². The number of hydrogen-bond acceptors (Lipinski definition) is 7. The van der Waals surface area contributed by atoms with Crippen LogP contribution in [0.1, 0.15) is 57.4 Å². The predicted molar refractivity (Wildman–Crippen MR) is 138 cm³/mol. The van der Waals surface area contributed by atoms with Crippen LogP contribution in [0.25, 0.3) is 22.5 Å². The van der Waals surface area contributed by atoms with Crippen LogP contribution in [0.4, 0.5) is 0 Å². The average Bonchev–Trinajstić information content (AvgIpc) is 3.62. The number of amidine groups is 1. The number of aromatic amines is 1. The van der Waals surface area contributed by atoms with E-state index in [1.54, 1.807) is 0 Å². The molecule has 0 radical (unpaired) electrons. The van der Waals surface area contributed by atoms with Gasteiger partial charge in [0.25, 0.3) is 5.91 Å². The smallest absolute Gasteiger partial charge is 0.294 e. The third-order valence-corrected chi connectivity index (χ3v) is 6.60. The molecule has 1 amide bonds. The zero-order valence-electron chi connectivity index (χ0n) is 20.5. The summed E-state index contributed by atoms with van der Waals surface area (Å²) in [6.45, 7) is 2.76. The number of rotatable bonds is 7. The van der Waals surface area contributed by atoms with Gasteiger partial charge in [-0.05, 0) is 41.2 Å². The van der Waals surface area contributed by atoms with Crippen LogP contribution in [0.2, 0.25) is 0 Å². The predicted octanol–water partition coefficient (Wildman–Crippen LogP) is 4.12. The Kier molecular flexibility index (Phi) is 8.10. The Labute approximate surface area is 215 Å². The molecule has 11 nitrogen and oxygen atoms in total. The van der Waals surface area contributed by atoms with E-state index in [-0.39, 0.29) is 5.91 Å². The molecule has 2 aliphatic rings. The summed E-state index contributed by atoms with van der Waals surface area (Å²) >= 11 is 0. The third-order valence-electron chi connectivity index (χ3n) is 6.60. The molecule has 1 fully saturated rings. The van der Waals surface area contributed by atoms with Crippen molar-refractivity contribution in [2.75, 3.05) is 0 Å². The highest BCUT2D eigenvalue weighted by atomic mass is 32.3. The van der Waals surface area contributed by atoms with E-state index in [1.807, 2.05) is 23.1 Å². The minimum atomic E-state index is -4.67. The number of nitrogens with one attached hydrogen (secondary N) is 1. The molecule has 3 aromatic rings. The van der Waals surface area contributed by atoms with Gasteiger partial charge in [0, 0.05) is 12.0 Å². The molecule has 1 saturated carbocycles. The number of tetrazole rings is 1. The molecule has 12 heteroatoms. The van der Waals surface area contributed by atoms with Gasteiger partial charge in [0.05, 0.1) is 6.54 Å². The number of carbonyl (C=O) groups is 1. The van der Waals surface area contributed by atoms with Gasteiger partial charge in [0.1, 0.15) is 11.4 Å². The van der Waals surface area contributed by atoms with Gasteiger partial charge in [-0.2, -0.15) is 13.6 Å². The van der Waals surface area contributed by atoms with Crippen molar-refractivity contribution >= 4 is 22.1 Å². The monoisotopic (exact) mass is 526 g/mol. The van der Waals surface area contributed by atoms with E-state index >= 15 is 0 Å². The molecular formula is C25H30N6O5S. The van der Waals surface area contributed by atoms with Gasteiger partial charge < -0.3 is 0 Å². The summed E-state index contributed by atoms with van der Waals surface area (Å²) in [6, 6.07) is 16.4. The first-order chi connectivity index (χ1) is 17.7. The number of benzene rings is 2. The lowest BCUT2D eigenvalue weighted by Gasteiger charge is -2.23. The standard InChI is InChI=1S/C25H28N6O.H2O4S/c1-2-3-10-22-26-25(15-6-7-16-25)24(32)31(22)17-18-11-13-19(14-12-18)20-8-4-5-9-21(20)23-27-29-30-28-23;1-5(2,3)4/h4-5,8-9,11-14H,2-3,6-7,10,15-17H2,1H3,(H,27,28,29,30);(H2,1,2,3,4). The number of aromatic nitrogens is 4. The minimum absolute atomic E-state index is 0.202. The van der Waals surface area contributed by atoms with E-state index in [0.29, 0.717) is 12.4 Å². The number of nitrogens with zero attached hydrogens (tertiary/aromatic N) is 5. The Morgan fingerprint density at radius 3 is 2.27 bits per heavy atom. The molecule has 37 heavy (non-hydrogen) atoms. The number of H-pyrrole nitrogens is 1. The van der Waals surface area contributed by atoms with Gasteiger partial charge in [-0.3, -0.25) is 23.8 Å². The molecule has 1 aliphatic heterocycles. The van der Waals surface area contributed by atoms with Crippen LogP contribution in [0, 0.1) is 0 Å². The Balaban J connectivity index is 0.000000586. The Morgan fingerprint density at radius 1 is 1.03 bits per heavy atom. The van der Waals surface area contributed by atoms with Crippen molar-refractivity contribution in [2.45, 2.75) is 64.0 Å². The van der Waals surface area contributed by atoms with Gasteiger partial charge in [0.15, 0.2) is 0 Å².